The molecule has 0 bridgehead atoms. The Balaban J connectivity index is 1.97. The zero-order valence-electron chi connectivity index (χ0n) is 13.0. The maximum Gasteiger partial charge on any atom is 0.144 e. The normalized spacial score (nSPS) is 18.4. The molecule has 0 unspecified atom stereocenters. The van der Waals surface area contributed by atoms with E-state index in [2.05, 4.69) is 10.5 Å². The van der Waals surface area contributed by atoms with Gasteiger partial charge in [-0.15, -0.1) is 0 Å². The number of hydrogen-bond donors (Lipinski definition) is 3. The largest absolute Gasteiger partial charge is 0.409 e. The van der Waals surface area contributed by atoms with E-state index < -0.39 is 0 Å². The van der Waals surface area contributed by atoms with E-state index in [-0.39, 0.29) is 5.41 Å². The van der Waals surface area contributed by atoms with Gasteiger partial charge in [0.1, 0.15) is 5.84 Å². The van der Waals surface area contributed by atoms with Gasteiger partial charge in [-0.2, -0.15) is 0 Å². The van der Waals surface area contributed by atoms with Crippen LogP contribution in [0.4, 0.5) is 0 Å². The van der Waals surface area contributed by atoms with Crippen LogP contribution in [0.15, 0.2) is 5.16 Å². The predicted octanol–water partition coefficient (Wildman–Crippen LogP) is 2.48. The van der Waals surface area contributed by atoms with Crippen molar-refractivity contribution in [2.45, 2.75) is 64.9 Å². The van der Waals surface area contributed by atoms with Gasteiger partial charge in [-0.3, -0.25) is 0 Å². The van der Waals surface area contributed by atoms with Crippen molar-refractivity contribution in [3.05, 3.63) is 0 Å². The van der Waals surface area contributed by atoms with Crippen LogP contribution >= 0.6 is 0 Å². The van der Waals surface area contributed by atoms with Gasteiger partial charge in [-0.05, 0) is 32.2 Å². The highest BCUT2D eigenvalue weighted by Crippen LogP contribution is 2.22. The highest BCUT2D eigenvalue weighted by Gasteiger charge is 2.22. The smallest absolute Gasteiger partial charge is 0.144 e. The van der Waals surface area contributed by atoms with Gasteiger partial charge in [0.15, 0.2) is 0 Å². The maximum atomic E-state index is 8.70. The minimum absolute atomic E-state index is 0.241. The molecule has 0 aromatic heterocycles. The molecule has 1 aliphatic rings. The monoisotopic (exact) mass is 285 g/mol. The van der Waals surface area contributed by atoms with Crippen LogP contribution in [0.1, 0.15) is 58.8 Å². The first-order valence-corrected chi connectivity index (χ1v) is 7.86. The van der Waals surface area contributed by atoms with Gasteiger partial charge < -0.3 is 21.0 Å². The number of nitrogens with one attached hydrogen (secondary N) is 1. The number of hydrogen-bond acceptors (Lipinski definition) is 4. The van der Waals surface area contributed by atoms with Gasteiger partial charge in [0.05, 0.1) is 12.7 Å². The highest BCUT2D eigenvalue weighted by atomic mass is 16.5. The lowest BCUT2D eigenvalue weighted by molar-refractivity contribution is 0.0303. The summed E-state index contributed by atoms with van der Waals surface area (Å²) in [4.78, 5) is 0. The van der Waals surface area contributed by atoms with E-state index in [4.69, 9.17) is 15.7 Å². The summed E-state index contributed by atoms with van der Waals surface area (Å²) in [7, 11) is 0. The molecule has 20 heavy (non-hydrogen) atoms. The number of rotatable bonds is 9. The third-order valence-corrected chi connectivity index (χ3v) is 4.14. The fourth-order valence-electron chi connectivity index (χ4n) is 2.57. The standard InChI is InChI=1S/C15H31N3O2/c1-15(2,14(16)18-19)9-6-10-17-11-12-20-13-7-4-3-5-8-13/h13,17,19H,3-12H2,1-2H3,(H2,16,18). The zero-order chi connectivity index (χ0) is 14.8. The van der Waals surface area contributed by atoms with Crippen molar-refractivity contribution in [2.24, 2.45) is 16.3 Å². The van der Waals surface area contributed by atoms with E-state index >= 15 is 0 Å². The maximum absolute atomic E-state index is 8.70. The molecular weight excluding hydrogens is 254 g/mol. The lowest BCUT2D eigenvalue weighted by Gasteiger charge is -2.23. The second kappa shape index (κ2) is 9.19. The molecule has 0 saturated heterocycles. The Bertz CT molecular complexity index is 287. The molecule has 1 fully saturated rings. The topological polar surface area (TPSA) is 79.9 Å². The Morgan fingerprint density at radius 2 is 2.00 bits per heavy atom. The molecule has 0 aromatic rings. The molecule has 0 atom stereocenters. The SMILES string of the molecule is CC(C)(CCCNCCOC1CCCCC1)C(N)=NO. The van der Waals surface area contributed by atoms with Crippen molar-refractivity contribution in [3.8, 4) is 0 Å². The van der Waals surface area contributed by atoms with Crippen molar-refractivity contribution >= 4 is 5.84 Å². The minimum atomic E-state index is -0.241. The third-order valence-electron chi connectivity index (χ3n) is 4.14. The summed E-state index contributed by atoms with van der Waals surface area (Å²) in [6, 6.07) is 0. The summed E-state index contributed by atoms with van der Waals surface area (Å²) < 4.78 is 5.85. The van der Waals surface area contributed by atoms with Gasteiger partial charge in [-0.1, -0.05) is 38.3 Å². The lowest BCUT2D eigenvalue weighted by Crippen LogP contribution is -2.33. The van der Waals surface area contributed by atoms with E-state index in [0.717, 1.165) is 32.5 Å². The first-order chi connectivity index (χ1) is 9.56. The first kappa shape index (κ1) is 17.2. The molecule has 5 heteroatoms. The number of amidine groups is 1. The number of nitrogens with two attached hydrogens (primary N) is 1. The fraction of sp³-hybridized carbons (Fsp3) is 0.933. The van der Waals surface area contributed by atoms with Gasteiger partial charge in [-0.25, -0.2) is 0 Å². The molecule has 5 nitrogen and oxygen atoms in total. The van der Waals surface area contributed by atoms with Crippen molar-refractivity contribution in [1.29, 1.82) is 0 Å². The van der Waals surface area contributed by atoms with Gasteiger partial charge >= 0.3 is 0 Å². The molecule has 0 amide bonds. The average Bonchev–Trinajstić information content (AvgIpc) is 2.46. The van der Waals surface area contributed by atoms with Crippen LogP contribution in [0.25, 0.3) is 0 Å². The van der Waals surface area contributed by atoms with Crippen LogP contribution in [0.2, 0.25) is 0 Å². The minimum Gasteiger partial charge on any atom is -0.409 e. The van der Waals surface area contributed by atoms with Crippen LogP contribution in [-0.2, 0) is 4.74 Å². The third kappa shape index (κ3) is 6.57. The molecule has 1 aliphatic carbocycles. The van der Waals surface area contributed by atoms with Crippen LogP contribution in [-0.4, -0.2) is 36.8 Å². The molecule has 0 heterocycles. The van der Waals surface area contributed by atoms with Crippen molar-refractivity contribution in [2.75, 3.05) is 19.7 Å². The second-order valence-corrected chi connectivity index (χ2v) is 6.35. The zero-order valence-corrected chi connectivity index (χ0v) is 13.0. The van der Waals surface area contributed by atoms with Crippen LogP contribution in [0.5, 0.6) is 0 Å². The summed E-state index contributed by atoms with van der Waals surface area (Å²) in [6.45, 7) is 6.63. The molecule has 118 valence electrons. The Morgan fingerprint density at radius 3 is 2.65 bits per heavy atom. The van der Waals surface area contributed by atoms with Crippen molar-refractivity contribution in [3.63, 3.8) is 0 Å². The highest BCUT2D eigenvalue weighted by molar-refractivity contribution is 5.85. The van der Waals surface area contributed by atoms with Crippen molar-refractivity contribution < 1.29 is 9.94 Å². The summed E-state index contributed by atoms with van der Waals surface area (Å²) in [5.41, 5.74) is 5.41. The van der Waals surface area contributed by atoms with Crippen LogP contribution in [0, 0.1) is 5.41 Å². The van der Waals surface area contributed by atoms with Crippen LogP contribution < -0.4 is 11.1 Å². The van der Waals surface area contributed by atoms with E-state index in [1.165, 1.54) is 32.1 Å². The summed E-state index contributed by atoms with van der Waals surface area (Å²) in [5, 5.41) is 15.2. The number of oxime groups is 1. The van der Waals surface area contributed by atoms with E-state index in [9.17, 15) is 0 Å². The molecule has 0 aromatic carbocycles. The summed E-state index contributed by atoms with van der Waals surface area (Å²) in [6.07, 6.45) is 8.87. The quantitative estimate of drug-likeness (QED) is 0.200. The Morgan fingerprint density at radius 1 is 1.30 bits per heavy atom. The molecule has 1 saturated carbocycles. The molecule has 1 rings (SSSR count). The molecule has 0 aliphatic heterocycles. The Hall–Kier alpha value is -0.810. The van der Waals surface area contributed by atoms with E-state index in [0.29, 0.717) is 11.9 Å². The van der Waals surface area contributed by atoms with Gasteiger partial charge in [0.2, 0.25) is 0 Å². The van der Waals surface area contributed by atoms with Gasteiger partial charge in [0, 0.05) is 12.0 Å². The molecule has 0 radical (unpaired) electrons. The summed E-state index contributed by atoms with van der Waals surface area (Å²) in [5.74, 6) is 0.304. The van der Waals surface area contributed by atoms with E-state index in [1.807, 2.05) is 13.8 Å². The fourth-order valence-corrected chi connectivity index (χ4v) is 2.57. The predicted molar refractivity (Wildman–Crippen MR) is 82.1 cm³/mol. The summed E-state index contributed by atoms with van der Waals surface area (Å²) >= 11 is 0. The number of ether oxygens (including phenoxy) is 1. The molecule has 4 N–H and O–H groups in total. The number of nitrogens with zero attached hydrogens (tertiary/aromatic N) is 1. The van der Waals surface area contributed by atoms with E-state index in [1.54, 1.807) is 0 Å². The van der Waals surface area contributed by atoms with Gasteiger partial charge in [0.25, 0.3) is 0 Å². The van der Waals surface area contributed by atoms with Crippen LogP contribution in [0.3, 0.4) is 0 Å². The Kier molecular flexibility index (Phi) is 7.92. The molecular formula is C15H31N3O2. The first-order valence-electron chi connectivity index (χ1n) is 7.86. The lowest BCUT2D eigenvalue weighted by atomic mass is 9.86. The Labute approximate surface area is 122 Å². The second-order valence-electron chi connectivity index (χ2n) is 6.35. The molecule has 0 spiro atoms. The average molecular weight is 285 g/mol. The van der Waals surface area contributed by atoms with Crippen molar-refractivity contribution in [1.82, 2.24) is 5.32 Å².